The second kappa shape index (κ2) is 9.27. The average molecular weight is 426 g/mol. The first-order valence-corrected chi connectivity index (χ1v) is 10.7. The number of para-hydroxylation sites is 1. The minimum absolute atomic E-state index is 0.128. The highest BCUT2D eigenvalue weighted by Crippen LogP contribution is 2.31. The summed E-state index contributed by atoms with van der Waals surface area (Å²) in [6.07, 6.45) is 3.35. The van der Waals surface area contributed by atoms with Gasteiger partial charge in [0.15, 0.2) is 10.9 Å². The molecule has 0 spiro atoms. The molecule has 3 aromatic rings. The van der Waals surface area contributed by atoms with E-state index in [2.05, 4.69) is 15.3 Å². The van der Waals surface area contributed by atoms with E-state index in [9.17, 15) is 9.59 Å². The highest BCUT2D eigenvalue weighted by Gasteiger charge is 2.27. The van der Waals surface area contributed by atoms with Crippen LogP contribution in [-0.2, 0) is 15.3 Å². The van der Waals surface area contributed by atoms with Gasteiger partial charge in [0.2, 0.25) is 5.91 Å². The van der Waals surface area contributed by atoms with Gasteiger partial charge in [-0.3, -0.25) is 9.59 Å². The van der Waals surface area contributed by atoms with Gasteiger partial charge in [-0.25, -0.2) is 9.97 Å². The van der Waals surface area contributed by atoms with Crippen LogP contribution >= 0.6 is 11.8 Å². The van der Waals surface area contributed by atoms with Crippen molar-refractivity contribution in [1.82, 2.24) is 20.2 Å². The van der Waals surface area contributed by atoms with Gasteiger partial charge in [-0.15, -0.1) is 0 Å². The van der Waals surface area contributed by atoms with Gasteiger partial charge in [0, 0.05) is 42.2 Å². The van der Waals surface area contributed by atoms with E-state index in [4.69, 9.17) is 9.15 Å². The summed E-state index contributed by atoms with van der Waals surface area (Å²) < 4.78 is 11.1. The number of aromatic nitrogens is 2. The molecule has 0 aliphatic carbocycles. The molecule has 30 heavy (non-hydrogen) atoms. The van der Waals surface area contributed by atoms with Crippen molar-refractivity contribution in [2.45, 2.75) is 23.9 Å². The maximum Gasteiger partial charge on any atom is 0.288 e. The number of fused-ring (bicyclic) bond motifs is 1. The van der Waals surface area contributed by atoms with Crippen molar-refractivity contribution >= 4 is 34.5 Å². The summed E-state index contributed by atoms with van der Waals surface area (Å²) in [4.78, 5) is 35.8. The van der Waals surface area contributed by atoms with E-state index < -0.39 is 11.9 Å². The number of ether oxygens (including phenoxy) is 1. The first-order valence-electron chi connectivity index (χ1n) is 9.71. The Balaban J connectivity index is 1.53. The molecule has 156 valence electrons. The summed E-state index contributed by atoms with van der Waals surface area (Å²) in [6.45, 7) is 3.77. The lowest BCUT2D eigenvalue weighted by atomic mass is 10.1. The Hall–Kier alpha value is -2.91. The molecular weight excluding hydrogens is 404 g/mol. The molecule has 2 amide bonds. The minimum atomic E-state index is -0.665. The Morgan fingerprint density at radius 1 is 1.17 bits per heavy atom. The number of hydrogen-bond donors (Lipinski definition) is 1. The Morgan fingerprint density at radius 2 is 1.90 bits per heavy atom. The first kappa shape index (κ1) is 20.4. The zero-order chi connectivity index (χ0) is 20.9. The van der Waals surface area contributed by atoms with Crippen molar-refractivity contribution in [3.63, 3.8) is 0 Å². The molecule has 1 N–H and O–H groups in total. The second-order valence-corrected chi connectivity index (χ2v) is 7.80. The monoisotopic (exact) mass is 426 g/mol. The van der Waals surface area contributed by atoms with Gasteiger partial charge in [0.05, 0.1) is 13.2 Å². The summed E-state index contributed by atoms with van der Waals surface area (Å²) in [5.41, 5.74) is 1.38. The van der Waals surface area contributed by atoms with Crippen molar-refractivity contribution in [1.29, 1.82) is 0 Å². The van der Waals surface area contributed by atoms with E-state index in [0.717, 1.165) is 10.9 Å². The number of rotatable bonds is 6. The second-order valence-electron chi connectivity index (χ2n) is 6.86. The van der Waals surface area contributed by atoms with Crippen LogP contribution in [0.15, 0.2) is 52.3 Å². The van der Waals surface area contributed by atoms with Crippen LogP contribution in [0.3, 0.4) is 0 Å². The number of nitrogens with one attached hydrogen (secondary N) is 1. The molecule has 1 aromatic carbocycles. The van der Waals surface area contributed by atoms with Gasteiger partial charge < -0.3 is 19.4 Å². The summed E-state index contributed by atoms with van der Waals surface area (Å²) in [6, 6.07) is 8.58. The summed E-state index contributed by atoms with van der Waals surface area (Å²) in [5.74, 6) is 0.137. The molecule has 4 rings (SSSR count). The van der Waals surface area contributed by atoms with E-state index >= 15 is 0 Å². The Bertz CT molecular complexity index is 1030. The van der Waals surface area contributed by atoms with E-state index in [1.807, 2.05) is 24.3 Å². The third kappa shape index (κ3) is 4.47. The maximum absolute atomic E-state index is 13.0. The molecule has 9 heteroatoms. The zero-order valence-corrected chi connectivity index (χ0v) is 17.4. The lowest BCUT2D eigenvalue weighted by Crippen LogP contribution is -2.50. The zero-order valence-electron chi connectivity index (χ0n) is 16.5. The van der Waals surface area contributed by atoms with E-state index in [0.29, 0.717) is 42.8 Å². The van der Waals surface area contributed by atoms with Gasteiger partial charge in [-0.1, -0.05) is 30.0 Å². The predicted molar refractivity (Wildman–Crippen MR) is 112 cm³/mol. The fourth-order valence-corrected chi connectivity index (χ4v) is 4.13. The maximum atomic E-state index is 13.0. The Labute approximate surface area is 178 Å². The Morgan fingerprint density at radius 3 is 2.67 bits per heavy atom. The van der Waals surface area contributed by atoms with Crippen molar-refractivity contribution in [3.05, 3.63) is 54.0 Å². The normalized spacial score (nSPS) is 15.2. The molecule has 1 unspecified atom stereocenters. The number of carbonyl (C=O) groups is 2. The van der Waals surface area contributed by atoms with Gasteiger partial charge in [0.25, 0.3) is 5.91 Å². The number of thioether (sulfide) groups is 1. The van der Waals surface area contributed by atoms with Crippen molar-refractivity contribution in [2.75, 3.05) is 26.3 Å². The van der Waals surface area contributed by atoms with Crippen LogP contribution in [0.2, 0.25) is 0 Å². The number of carbonyl (C=O) groups excluding carboxylic acids is 2. The van der Waals surface area contributed by atoms with Crippen LogP contribution in [0.25, 0.3) is 11.0 Å². The van der Waals surface area contributed by atoms with Crippen LogP contribution in [0.4, 0.5) is 0 Å². The van der Waals surface area contributed by atoms with Crippen LogP contribution in [0.5, 0.6) is 0 Å². The number of benzene rings is 1. The molecule has 1 saturated heterocycles. The van der Waals surface area contributed by atoms with E-state index in [-0.39, 0.29) is 11.7 Å². The lowest BCUT2D eigenvalue weighted by molar-refractivity contribution is -0.136. The molecule has 1 atom stereocenters. The lowest BCUT2D eigenvalue weighted by Gasteiger charge is -2.29. The quantitative estimate of drug-likeness (QED) is 0.478. The molecule has 8 nitrogen and oxygen atoms in total. The fourth-order valence-electron chi connectivity index (χ4n) is 3.30. The first-order chi connectivity index (χ1) is 14.6. The van der Waals surface area contributed by atoms with Gasteiger partial charge in [-0.05, 0) is 19.1 Å². The Kier molecular flexibility index (Phi) is 6.29. The molecule has 1 fully saturated rings. The average Bonchev–Trinajstić information content (AvgIpc) is 3.17. The molecule has 1 aliphatic rings. The third-order valence-corrected chi connectivity index (χ3v) is 5.74. The number of hydrogen-bond acceptors (Lipinski definition) is 7. The predicted octanol–water partition coefficient (Wildman–Crippen LogP) is 2.49. The van der Waals surface area contributed by atoms with Crippen LogP contribution < -0.4 is 5.32 Å². The van der Waals surface area contributed by atoms with Gasteiger partial charge in [0.1, 0.15) is 11.6 Å². The molecule has 0 saturated carbocycles. The minimum Gasteiger partial charge on any atom is -0.451 e. The molecule has 0 radical (unpaired) electrons. The highest BCUT2D eigenvalue weighted by molar-refractivity contribution is 7.98. The number of furan rings is 1. The van der Waals surface area contributed by atoms with Crippen LogP contribution in [0.1, 0.15) is 23.0 Å². The number of amides is 2. The fraction of sp³-hybridized carbons (Fsp3) is 0.333. The topological polar surface area (TPSA) is 97.6 Å². The molecule has 2 aromatic heterocycles. The highest BCUT2D eigenvalue weighted by atomic mass is 32.2. The summed E-state index contributed by atoms with van der Waals surface area (Å²) >= 11 is 1.42. The molecular formula is C21H22N4O4S. The molecule has 1 aliphatic heterocycles. The van der Waals surface area contributed by atoms with E-state index in [1.54, 1.807) is 30.3 Å². The number of morpholine rings is 1. The largest absolute Gasteiger partial charge is 0.451 e. The van der Waals surface area contributed by atoms with Crippen molar-refractivity contribution in [2.24, 2.45) is 0 Å². The van der Waals surface area contributed by atoms with Crippen molar-refractivity contribution < 1.29 is 18.7 Å². The third-order valence-electron chi connectivity index (χ3n) is 4.83. The molecule has 3 heterocycles. The summed E-state index contributed by atoms with van der Waals surface area (Å²) in [7, 11) is 0. The van der Waals surface area contributed by atoms with Gasteiger partial charge >= 0.3 is 0 Å². The van der Waals surface area contributed by atoms with Crippen LogP contribution in [0, 0.1) is 0 Å². The van der Waals surface area contributed by atoms with Crippen LogP contribution in [-0.4, -0.2) is 59.0 Å². The van der Waals surface area contributed by atoms with Crippen molar-refractivity contribution in [3.8, 4) is 0 Å². The van der Waals surface area contributed by atoms with E-state index in [1.165, 1.54) is 11.8 Å². The standard InChI is InChI=1S/C21H22N4O4S/c1-14(20(27)25-9-11-28-12-10-25)24-19(26)18-16(13-30-21-22-7-4-8-23-21)15-5-2-3-6-17(15)29-18/h2-8,14H,9-13H2,1H3,(H,24,26). The SMILES string of the molecule is CC(NC(=O)c1oc2ccccc2c1CSc1ncccn1)C(=O)N1CCOCC1. The smallest absolute Gasteiger partial charge is 0.288 e. The summed E-state index contributed by atoms with van der Waals surface area (Å²) in [5, 5.41) is 4.26. The van der Waals surface area contributed by atoms with Gasteiger partial charge in [-0.2, -0.15) is 0 Å². The number of nitrogens with zero attached hydrogens (tertiary/aromatic N) is 3. The molecule has 0 bridgehead atoms.